The van der Waals surface area contributed by atoms with E-state index in [0.717, 1.165) is 40.7 Å². The molecule has 0 aliphatic carbocycles. The molecule has 0 spiro atoms. The molecule has 1 unspecified atom stereocenters. The number of rotatable bonds is 7. The van der Waals surface area contributed by atoms with Crippen LogP contribution in [0.25, 0.3) is 33.5 Å². The minimum absolute atomic E-state index is 0.0639. The number of halogens is 1. The SMILES string of the molecule is Cc1cc(N(C=N)NN)ccc1-c1ccc(-c2nc3nc(OC4CO[C@@H]5CCO[C@H]45)[nH]c3cc2Cl)cc1. The number of hydrogen-bond acceptors (Lipinski definition) is 8. The zero-order valence-corrected chi connectivity index (χ0v) is 20.8. The second kappa shape index (κ2) is 9.73. The highest BCUT2D eigenvalue weighted by Crippen LogP contribution is 2.34. The van der Waals surface area contributed by atoms with E-state index >= 15 is 0 Å². The molecule has 11 heteroatoms. The van der Waals surface area contributed by atoms with Crippen LogP contribution >= 0.6 is 11.6 Å². The molecule has 2 fully saturated rings. The van der Waals surface area contributed by atoms with Crippen molar-refractivity contribution < 1.29 is 14.2 Å². The van der Waals surface area contributed by atoms with Crippen LogP contribution in [0.5, 0.6) is 6.01 Å². The van der Waals surface area contributed by atoms with Gasteiger partial charge in [0.1, 0.15) is 12.4 Å². The Morgan fingerprint density at radius 3 is 2.73 bits per heavy atom. The molecule has 6 rings (SSSR count). The summed E-state index contributed by atoms with van der Waals surface area (Å²) in [6, 6.07) is 16.1. The Kier molecular flexibility index (Phi) is 6.27. The van der Waals surface area contributed by atoms with Gasteiger partial charge in [-0.15, -0.1) is 0 Å². The summed E-state index contributed by atoms with van der Waals surface area (Å²) < 4.78 is 17.6. The fourth-order valence-electron chi connectivity index (χ4n) is 4.94. The number of nitrogens with two attached hydrogens (primary N) is 1. The summed E-state index contributed by atoms with van der Waals surface area (Å²) in [5, 5.41) is 9.39. The minimum atomic E-state index is -0.201. The topological polar surface area (TPSA) is 134 Å². The molecule has 0 amide bonds. The number of ether oxygens (including phenoxy) is 3. The zero-order chi connectivity index (χ0) is 25.5. The highest BCUT2D eigenvalue weighted by molar-refractivity contribution is 6.33. The van der Waals surface area contributed by atoms with E-state index in [9.17, 15) is 0 Å². The largest absolute Gasteiger partial charge is 0.456 e. The lowest BCUT2D eigenvalue weighted by molar-refractivity contribution is 0.0273. The maximum Gasteiger partial charge on any atom is 0.296 e. The Labute approximate surface area is 218 Å². The first-order valence-electron chi connectivity index (χ1n) is 12.0. The number of aromatic amines is 1. The van der Waals surface area contributed by atoms with Gasteiger partial charge >= 0.3 is 0 Å². The van der Waals surface area contributed by atoms with E-state index < -0.39 is 0 Å². The standard InChI is InChI=1S/C26H26ClN7O3/c1-14-10-17(34(13-28)33-29)6-7-18(14)15-2-4-16(5-3-15)23-19(27)11-20-25(31-23)32-26(30-20)37-22-12-36-21-8-9-35-24(21)22/h2-7,10-11,13,21-22,24,28,33H,8-9,12,29H2,1H3,(H,30,31,32)/t21-,22?,24+/m1/s1. The summed E-state index contributed by atoms with van der Waals surface area (Å²) in [5.74, 6) is 5.47. The predicted octanol–water partition coefficient (Wildman–Crippen LogP) is 3.98. The third kappa shape index (κ3) is 4.43. The van der Waals surface area contributed by atoms with E-state index in [1.54, 1.807) is 0 Å². The molecule has 0 saturated carbocycles. The number of nitrogens with zero attached hydrogens (tertiary/aromatic N) is 3. The first-order valence-corrected chi connectivity index (χ1v) is 12.4. The highest BCUT2D eigenvalue weighted by Gasteiger charge is 2.43. The predicted molar refractivity (Wildman–Crippen MR) is 142 cm³/mol. The number of pyridine rings is 1. The molecule has 4 aromatic rings. The number of hydrogen-bond donors (Lipinski definition) is 4. The summed E-state index contributed by atoms with van der Waals surface area (Å²) in [6.07, 6.45) is 1.84. The fourth-order valence-corrected chi connectivity index (χ4v) is 5.20. The second-order valence-electron chi connectivity index (χ2n) is 9.09. The third-order valence-corrected chi connectivity index (χ3v) is 7.10. The Hall–Kier alpha value is -3.54. The number of H-pyrrole nitrogens is 1. The van der Waals surface area contributed by atoms with Crippen LogP contribution in [0.3, 0.4) is 0 Å². The van der Waals surface area contributed by atoms with Gasteiger partial charge < -0.3 is 19.2 Å². The fraction of sp³-hybridized carbons (Fsp3) is 0.269. The van der Waals surface area contributed by atoms with Gasteiger partial charge in [0, 0.05) is 12.2 Å². The monoisotopic (exact) mass is 519 g/mol. The molecule has 2 aromatic carbocycles. The lowest BCUT2D eigenvalue weighted by Crippen LogP contribution is -2.41. The van der Waals surface area contributed by atoms with Gasteiger partial charge in [0.2, 0.25) is 0 Å². The van der Waals surface area contributed by atoms with Crippen molar-refractivity contribution in [3.8, 4) is 28.4 Å². The average Bonchev–Trinajstić information content (AvgIpc) is 3.62. The molecule has 190 valence electrons. The Morgan fingerprint density at radius 1 is 1.16 bits per heavy atom. The van der Waals surface area contributed by atoms with E-state index in [1.165, 1.54) is 5.01 Å². The van der Waals surface area contributed by atoms with Gasteiger partial charge in [-0.25, -0.2) is 4.98 Å². The van der Waals surface area contributed by atoms with E-state index in [0.29, 0.717) is 41.1 Å². The molecular formula is C26H26ClN7O3. The molecule has 2 aliphatic rings. The molecule has 0 radical (unpaired) electrons. The number of imidazole rings is 1. The van der Waals surface area contributed by atoms with E-state index in [4.69, 9.17) is 42.0 Å². The number of fused-ring (bicyclic) bond motifs is 2. The van der Waals surface area contributed by atoms with Crippen molar-refractivity contribution in [1.82, 2.24) is 20.5 Å². The quantitative estimate of drug-likeness (QED) is 0.125. The summed E-state index contributed by atoms with van der Waals surface area (Å²) in [7, 11) is 0. The molecule has 5 N–H and O–H groups in total. The maximum atomic E-state index is 7.45. The maximum absolute atomic E-state index is 7.45. The van der Waals surface area contributed by atoms with Crippen molar-refractivity contribution >= 4 is 34.8 Å². The van der Waals surface area contributed by atoms with E-state index in [2.05, 4.69) is 15.5 Å². The van der Waals surface area contributed by atoms with Gasteiger partial charge in [-0.2, -0.15) is 10.5 Å². The van der Waals surface area contributed by atoms with Crippen molar-refractivity contribution in [2.24, 2.45) is 5.84 Å². The molecule has 3 atom stereocenters. The molecule has 2 aromatic heterocycles. The molecule has 4 heterocycles. The zero-order valence-electron chi connectivity index (χ0n) is 20.1. The first-order chi connectivity index (χ1) is 18.0. The summed E-state index contributed by atoms with van der Waals surface area (Å²) in [4.78, 5) is 12.4. The Morgan fingerprint density at radius 2 is 1.97 bits per heavy atom. The molecule has 2 saturated heterocycles. The van der Waals surface area contributed by atoms with Crippen molar-refractivity contribution in [2.45, 2.75) is 31.7 Å². The number of anilines is 1. The van der Waals surface area contributed by atoms with Crippen LogP contribution in [0.4, 0.5) is 5.69 Å². The van der Waals surface area contributed by atoms with Gasteiger partial charge in [-0.05, 0) is 48.2 Å². The first kappa shape index (κ1) is 23.8. The van der Waals surface area contributed by atoms with Crippen molar-refractivity contribution in [3.63, 3.8) is 0 Å². The number of aromatic nitrogens is 3. The molecule has 10 nitrogen and oxygen atoms in total. The molecule has 2 aliphatic heterocycles. The van der Waals surface area contributed by atoms with E-state index in [-0.39, 0.29) is 18.3 Å². The smallest absolute Gasteiger partial charge is 0.296 e. The Bertz CT molecular complexity index is 1460. The van der Waals surface area contributed by atoms with Crippen molar-refractivity contribution in [1.29, 1.82) is 5.41 Å². The summed E-state index contributed by atoms with van der Waals surface area (Å²) in [5.41, 5.74) is 9.17. The number of benzene rings is 2. The van der Waals surface area contributed by atoms with Crippen LogP contribution in [0.15, 0.2) is 48.5 Å². The lowest BCUT2D eigenvalue weighted by atomic mass is 9.98. The van der Waals surface area contributed by atoms with Crippen molar-refractivity contribution in [3.05, 3.63) is 59.1 Å². The third-order valence-electron chi connectivity index (χ3n) is 6.81. The molecule has 37 heavy (non-hydrogen) atoms. The van der Waals surface area contributed by atoms with Gasteiger partial charge in [-0.1, -0.05) is 41.9 Å². The van der Waals surface area contributed by atoms with Crippen LogP contribution in [0.2, 0.25) is 5.02 Å². The van der Waals surface area contributed by atoms with E-state index in [1.807, 2.05) is 55.5 Å². The number of aryl methyl sites for hydroxylation is 1. The van der Waals surface area contributed by atoms with Crippen LogP contribution in [0, 0.1) is 12.3 Å². The lowest BCUT2D eigenvalue weighted by Gasteiger charge is -2.18. The molecule has 0 bridgehead atoms. The van der Waals surface area contributed by atoms with Gasteiger partial charge in [0.05, 0.1) is 34.6 Å². The normalized spacial score (nSPS) is 20.8. The summed E-state index contributed by atoms with van der Waals surface area (Å²) >= 11 is 6.62. The van der Waals surface area contributed by atoms with Gasteiger partial charge in [-0.3, -0.25) is 16.3 Å². The molecular weight excluding hydrogens is 494 g/mol. The van der Waals surface area contributed by atoms with Crippen LogP contribution in [0.1, 0.15) is 12.0 Å². The van der Waals surface area contributed by atoms with Gasteiger partial charge in [0.25, 0.3) is 6.01 Å². The van der Waals surface area contributed by atoms with Crippen LogP contribution < -0.4 is 21.1 Å². The Balaban J connectivity index is 1.24. The van der Waals surface area contributed by atoms with Crippen LogP contribution in [-0.4, -0.2) is 52.8 Å². The highest BCUT2D eigenvalue weighted by atomic mass is 35.5. The number of hydrazine groups is 2. The van der Waals surface area contributed by atoms with Gasteiger partial charge in [0.15, 0.2) is 11.8 Å². The summed E-state index contributed by atoms with van der Waals surface area (Å²) in [6.45, 7) is 3.19. The minimum Gasteiger partial charge on any atom is -0.456 e. The number of nitrogens with one attached hydrogen (secondary N) is 3. The van der Waals surface area contributed by atoms with Crippen LogP contribution in [-0.2, 0) is 9.47 Å². The second-order valence-corrected chi connectivity index (χ2v) is 9.50. The average molecular weight is 520 g/mol. The van der Waals surface area contributed by atoms with Crippen molar-refractivity contribution in [2.75, 3.05) is 18.2 Å².